The fraction of sp³-hybridized carbons (Fsp3) is 0.625. The van der Waals surface area contributed by atoms with E-state index in [0.29, 0.717) is 31.3 Å². The van der Waals surface area contributed by atoms with E-state index in [1.54, 1.807) is 0 Å². The number of hydrogen-bond donors (Lipinski definition) is 1. The van der Waals surface area contributed by atoms with Crippen LogP contribution in [0.2, 0.25) is 0 Å². The van der Waals surface area contributed by atoms with Crippen molar-refractivity contribution >= 4 is 17.6 Å². The van der Waals surface area contributed by atoms with Gasteiger partial charge in [0.2, 0.25) is 0 Å². The summed E-state index contributed by atoms with van der Waals surface area (Å²) >= 11 is 5.61. The van der Waals surface area contributed by atoms with Crippen molar-refractivity contribution in [3.63, 3.8) is 0 Å². The van der Waals surface area contributed by atoms with E-state index in [2.05, 4.69) is 6.58 Å². The molecule has 0 saturated carbocycles. The number of carboxylic acids is 1. The number of halogens is 1. The molecule has 0 amide bonds. The lowest BCUT2D eigenvalue weighted by Gasteiger charge is -2.30. The largest absolute Gasteiger partial charge is 0.479 e. The first-order chi connectivity index (χ1) is 6.09. The molecule has 13 heavy (non-hydrogen) atoms. The van der Waals surface area contributed by atoms with Gasteiger partial charge in [0.05, 0.1) is 6.61 Å². The van der Waals surface area contributed by atoms with Crippen LogP contribution in [0, 0.1) is 0 Å². The van der Waals surface area contributed by atoms with Gasteiger partial charge in [-0.1, -0.05) is 18.2 Å². The van der Waals surface area contributed by atoms with E-state index in [1.165, 1.54) is 0 Å². The van der Waals surface area contributed by atoms with Crippen LogP contribution in [0.15, 0.2) is 11.6 Å². The summed E-state index contributed by atoms with van der Waals surface area (Å²) in [6.07, 6.45) is -0.732. The fourth-order valence-electron chi connectivity index (χ4n) is 1.24. The predicted molar refractivity (Wildman–Crippen MR) is 48.8 cm³/mol. The second kappa shape index (κ2) is 4.60. The first kappa shape index (κ1) is 10.5. The molecule has 0 bridgehead atoms. The number of nitrogens with zero attached hydrogens (tertiary/aromatic N) is 1. The highest BCUT2D eigenvalue weighted by Gasteiger charge is 2.25. The van der Waals surface area contributed by atoms with Crippen LogP contribution in [0.25, 0.3) is 0 Å². The van der Waals surface area contributed by atoms with Gasteiger partial charge in [-0.25, -0.2) is 4.79 Å². The average Bonchev–Trinajstić information content (AvgIpc) is 2.03. The Morgan fingerprint density at radius 3 is 3.00 bits per heavy atom. The van der Waals surface area contributed by atoms with Crippen molar-refractivity contribution in [3.8, 4) is 0 Å². The highest BCUT2D eigenvalue weighted by atomic mass is 35.5. The van der Waals surface area contributed by atoms with Crippen LogP contribution in [0.4, 0.5) is 0 Å². The van der Waals surface area contributed by atoms with Crippen LogP contribution in [-0.4, -0.2) is 48.3 Å². The van der Waals surface area contributed by atoms with Crippen molar-refractivity contribution in [1.29, 1.82) is 0 Å². The Labute approximate surface area is 81.7 Å². The van der Waals surface area contributed by atoms with Gasteiger partial charge in [0.25, 0.3) is 0 Å². The number of carboxylic acid groups (broad SMARTS) is 1. The predicted octanol–water partition coefficient (Wildman–Crippen LogP) is 0.524. The van der Waals surface area contributed by atoms with E-state index in [4.69, 9.17) is 21.4 Å². The van der Waals surface area contributed by atoms with E-state index < -0.39 is 12.1 Å². The Balaban J connectivity index is 2.41. The molecule has 1 fully saturated rings. The molecule has 74 valence electrons. The van der Waals surface area contributed by atoms with Crippen LogP contribution in [-0.2, 0) is 9.53 Å². The van der Waals surface area contributed by atoms with E-state index >= 15 is 0 Å². The van der Waals surface area contributed by atoms with E-state index in [0.717, 1.165) is 0 Å². The van der Waals surface area contributed by atoms with Crippen LogP contribution >= 0.6 is 11.6 Å². The molecule has 0 aromatic heterocycles. The molecule has 0 aromatic carbocycles. The number of carbonyl (C=O) groups is 1. The number of rotatable bonds is 3. The SMILES string of the molecule is C=C(Cl)CN1CCOC(C(=O)O)C1. The van der Waals surface area contributed by atoms with Gasteiger partial charge in [-0.2, -0.15) is 0 Å². The lowest BCUT2D eigenvalue weighted by molar-refractivity contribution is -0.155. The smallest absolute Gasteiger partial charge is 0.334 e. The summed E-state index contributed by atoms with van der Waals surface area (Å²) in [5.41, 5.74) is 0. The van der Waals surface area contributed by atoms with Crippen LogP contribution in [0.1, 0.15) is 0 Å². The average molecular weight is 206 g/mol. The second-order valence-corrected chi connectivity index (χ2v) is 3.48. The fourth-order valence-corrected chi connectivity index (χ4v) is 1.41. The minimum Gasteiger partial charge on any atom is -0.479 e. The van der Waals surface area contributed by atoms with Crippen LogP contribution in [0.5, 0.6) is 0 Å². The zero-order chi connectivity index (χ0) is 9.84. The van der Waals surface area contributed by atoms with Gasteiger partial charge in [0.1, 0.15) is 0 Å². The number of morpholine rings is 1. The van der Waals surface area contributed by atoms with E-state index in [-0.39, 0.29) is 0 Å². The standard InChI is InChI=1S/C8H12ClNO3/c1-6(9)4-10-2-3-13-7(5-10)8(11)12/h7H,1-5H2,(H,11,12). The van der Waals surface area contributed by atoms with Crippen molar-refractivity contribution in [1.82, 2.24) is 4.90 Å². The number of hydrogen-bond acceptors (Lipinski definition) is 3. The Morgan fingerprint density at radius 1 is 1.77 bits per heavy atom. The molecule has 1 unspecified atom stereocenters. The summed E-state index contributed by atoms with van der Waals surface area (Å²) in [6, 6.07) is 0. The molecule has 1 saturated heterocycles. The molecule has 1 heterocycles. The maximum Gasteiger partial charge on any atom is 0.334 e. The molecule has 4 nitrogen and oxygen atoms in total. The van der Waals surface area contributed by atoms with Crippen molar-refractivity contribution in [3.05, 3.63) is 11.6 Å². The molecule has 0 radical (unpaired) electrons. The molecule has 0 spiro atoms. The lowest BCUT2D eigenvalue weighted by atomic mass is 10.3. The maximum absolute atomic E-state index is 10.6. The molecule has 1 rings (SSSR count). The van der Waals surface area contributed by atoms with Crippen molar-refractivity contribution in [2.24, 2.45) is 0 Å². The zero-order valence-corrected chi connectivity index (χ0v) is 7.96. The third-order valence-electron chi connectivity index (χ3n) is 1.82. The van der Waals surface area contributed by atoms with E-state index in [9.17, 15) is 4.79 Å². The highest BCUT2D eigenvalue weighted by molar-refractivity contribution is 6.29. The highest BCUT2D eigenvalue weighted by Crippen LogP contribution is 2.08. The zero-order valence-electron chi connectivity index (χ0n) is 7.20. The van der Waals surface area contributed by atoms with Crippen molar-refractivity contribution in [2.45, 2.75) is 6.10 Å². The minimum absolute atomic E-state index is 0.376. The second-order valence-electron chi connectivity index (χ2n) is 2.95. The van der Waals surface area contributed by atoms with E-state index in [1.807, 2.05) is 4.90 Å². The summed E-state index contributed by atoms with van der Waals surface area (Å²) in [5, 5.41) is 9.20. The number of ether oxygens (including phenoxy) is 1. The molecule has 1 aliphatic heterocycles. The Kier molecular flexibility index (Phi) is 3.71. The first-order valence-electron chi connectivity index (χ1n) is 3.99. The molecule has 0 aliphatic carbocycles. The van der Waals surface area contributed by atoms with Gasteiger partial charge in [-0.3, -0.25) is 4.90 Å². The normalized spacial score (nSPS) is 24.2. The summed E-state index contributed by atoms with van der Waals surface area (Å²) in [5.74, 6) is -0.926. The van der Waals surface area contributed by atoms with Gasteiger partial charge >= 0.3 is 5.97 Å². The first-order valence-corrected chi connectivity index (χ1v) is 4.37. The summed E-state index contributed by atoms with van der Waals surface area (Å²) < 4.78 is 5.04. The van der Waals surface area contributed by atoms with Gasteiger partial charge in [0.15, 0.2) is 6.10 Å². The molecular formula is C8H12ClNO3. The lowest BCUT2D eigenvalue weighted by Crippen LogP contribution is -2.46. The molecule has 1 atom stereocenters. The molecule has 1 aliphatic rings. The van der Waals surface area contributed by atoms with Gasteiger partial charge in [0, 0.05) is 24.7 Å². The summed E-state index contributed by atoms with van der Waals surface area (Å²) in [7, 11) is 0. The molecule has 5 heteroatoms. The Bertz CT molecular complexity index is 219. The quantitative estimate of drug-likeness (QED) is 0.730. The summed E-state index contributed by atoms with van der Waals surface area (Å²) in [6.45, 7) is 5.59. The van der Waals surface area contributed by atoms with Gasteiger partial charge in [-0.05, 0) is 0 Å². The van der Waals surface area contributed by atoms with Crippen LogP contribution in [0.3, 0.4) is 0 Å². The molecule has 0 aromatic rings. The minimum atomic E-state index is -0.926. The van der Waals surface area contributed by atoms with Crippen LogP contribution < -0.4 is 0 Å². The monoisotopic (exact) mass is 205 g/mol. The topological polar surface area (TPSA) is 49.8 Å². The third-order valence-corrected chi connectivity index (χ3v) is 1.94. The Morgan fingerprint density at radius 2 is 2.46 bits per heavy atom. The van der Waals surface area contributed by atoms with Crippen molar-refractivity contribution in [2.75, 3.05) is 26.2 Å². The van der Waals surface area contributed by atoms with Crippen molar-refractivity contribution < 1.29 is 14.6 Å². The Hall–Kier alpha value is -0.580. The van der Waals surface area contributed by atoms with Gasteiger partial charge < -0.3 is 9.84 Å². The molecule has 1 N–H and O–H groups in total. The molecular weight excluding hydrogens is 194 g/mol. The van der Waals surface area contributed by atoms with Gasteiger partial charge in [-0.15, -0.1) is 0 Å². The maximum atomic E-state index is 10.6. The third kappa shape index (κ3) is 3.34. The number of aliphatic carboxylic acids is 1. The summed E-state index contributed by atoms with van der Waals surface area (Å²) in [4.78, 5) is 12.5.